The van der Waals surface area contributed by atoms with Crippen LogP contribution in [0.1, 0.15) is 0 Å². The van der Waals surface area contributed by atoms with Gasteiger partial charge in [0.2, 0.25) is 0 Å². The van der Waals surface area contributed by atoms with Crippen molar-refractivity contribution in [2.75, 3.05) is 20.6 Å². The number of ether oxygens (including phenoxy) is 1. The van der Waals surface area contributed by atoms with E-state index in [0.29, 0.717) is 41.4 Å². The summed E-state index contributed by atoms with van der Waals surface area (Å²) < 4.78 is 26.2. The zero-order valence-corrected chi connectivity index (χ0v) is 17.2. The molecule has 0 aliphatic rings. The molecule has 7 nitrogen and oxygen atoms in total. The first-order valence-electron chi connectivity index (χ1n) is 9.72. The summed E-state index contributed by atoms with van der Waals surface area (Å²) in [6, 6.07) is 16.7. The van der Waals surface area contributed by atoms with E-state index >= 15 is 0 Å². The third-order valence-corrected chi connectivity index (χ3v) is 4.60. The Labute approximate surface area is 178 Å². The van der Waals surface area contributed by atoms with Gasteiger partial charge in [0.05, 0.1) is 17.8 Å². The van der Waals surface area contributed by atoms with Crippen LogP contribution in [-0.2, 0) is 6.54 Å². The lowest BCUT2D eigenvalue weighted by atomic mass is 10.0. The number of hydrogen-bond donors (Lipinski definition) is 0. The van der Waals surface area contributed by atoms with E-state index < -0.39 is 5.63 Å². The molecule has 31 heavy (non-hydrogen) atoms. The maximum absolute atomic E-state index is 13.5. The first-order chi connectivity index (χ1) is 15.0. The van der Waals surface area contributed by atoms with E-state index in [1.54, 1.807) is 36.5 Å². The number of benzene rings is 2. The Morgan fingerprint density at radius 2 is 1.81 bits per heavy atom. The molecule has 0 amide bonds. The number of hydrogen-bond acceptors (Lipinski definition) is 6. The summed E-state index contributed by atoms with van der Waals surface area (Å²) in [5.74, 6) is 0.206. The Hall–Kier alpha value is -3.78. The Morgan fingerprint density at radius 3 is 2.52 bits per heavy atom. The first kappa shape index (κ1) is 20.5. The predicted octanol–water partition coefficient (Wildman–Crippen LogP) is 4.06. The second-order valence-corrected chi connectivity index (χ2v) is 7.15. The molecule has 4 aromatic rings. The molecule has 2 aromatic heterocycles. The Kier molecular flexibility index (Phi) is 5.90. The van der Waals surface area contributed by atoms with Crippen molar-refractivity contribution in [3.05, 3.63) is 83.1 Å². The zero-order chi connectivity index (χ0) is 21.8. The topological polar surface area (TPSA) is 73.4 Å². The van der Waals surface area contributed by atoms with E-state index in [1.165, 1.54) is 16.9 Å². The van der Waals surface area contributed by atoms with Crippen molar-refractivity contribution in [3.8, 4) is 34.3 Å². The smallest absolute Gasteiger partial charge is 0.366 e. The highest BCUT2D eigenvalue weighted by molar-refractivity contribution is 5.78. The van der Waals surface area contributed by atoms with E-state index in [0.717, 1.165) is 0 Å². The largest absolute Gasteiger partial charge is 0.424 e. The fourth-order valence-electron chi connectivity index (χ4n) is 3.10. The molecule has 0 atom stereocenters. The molecule has 0 bridgehead atoms. The lowest BCUT2D eigenvalue weighted by molar-refractivity contribution is 0.230. The second-order valence-electron chi connectivity index (χ2n) is 7.15. The summed E-state index contributed by atoms with van der Waals surface area (Å²) in [6.07, 6.45) is 1.56. The van der Waals surface area contributed by atoms with Crippen LogP contribution in [0.2, 0.25) is 0 Å². The minimum absolute atomic E-state index is 0.140. The summed E-state index contributed by atoms with van der Waals surface area (Å²) in [6.45, 7) is 1.07. The van der Waals surface area contributed by atoms with Crippen LogP contribution >= 0.6 is 0 Å². The van der Waals surface area contributed by atoms with Crippen LogP contribution in [0.3, 0.4) is 0 Å². The van der Waals surface area contributed by atoms with Crippen molar-refractivity contribution in [3.63, 3.8) is 0 Å². The quantitative estimate of drug-likeness (QED) is 0.449. The summed E-state index contributed by atoms with van der Waals surface area (Å²) in [5, 5.41) is 0. The van der Waals surface area contributed by atoms with Gasteiger partial charge in [0.25, 0.3) is 0 Å². The fourth-order valence-corrected chi connectivity index (χ4v) is 3.10. The minimum atomic E-state index is -0.524. The van der Waals surface area contributed by atoms with Gasteiger partial charge in [0.15, 0.2) is 0 Å². The molecule has 8 heteroatoms. The highest BCUT2D eigenvalue weighted by atomic mass is 19.1. The van der Waals surface area contributed by atoms with E-state index in [9.17, 15) is 9.18 Å². The van der Waals surface area contributed by atoms with Crippen LogP contribution in [0, 0.1) is 5.82 Å². The number of halogens is 1. The van der Waals surface area contributed by atoms with Crippen molar-refractivity contribution in [2.24, 2.45) is 0 Å². The molecule has 0 saturated carbocycles. The minimum Gasteiger partial charge on any atom is -0.424 e. The van der Waals surface area contributed by atoms with E-state index in [-0.39, 0.29) is 11.8 Å². The van der Waals surface area contributed by atoms with Gasteiger partial charge in [-0.3, -0.25) is 0 Å². The monoisotopic (exact) mass is 420 g/mol. The molecule has 0 N–H and O–H groups in total. The van der Waals surface area contributed by atoms with Crippen LogP contribution in [-0.4, -0.2) is 40.2 Å². The van der Waals surface area contributed by atoms with Crippen LogP contribution in [0.15, 0.2) is 76.2 Å². The maximum Gasteiger partial charge on any atom is 0.366 e. The van der Waals surface area contributed by atoms with E-state index in [2.05, 4.69) is 9.97 Å². The van der Waals surface area contributed by atoms with Gasteiger partial charge in [-0.25, -0.2) is 18.9 Å². The van der Waals surface area contributed by atoms with Gasteiger partial charge < -0.3 is 14.2 Å². The number of aromatic nitrogens is 3. The average Bonchev–Trinajstić information content (AvgIpc) is 3.10. The lowest BCUT2D eigenvalue weighted by Gasteiger charge is -2.12. The van der Waals surface area contributed by atoms with Crippen molar-refractivity contribution in [1.29, 1.82) is 0 Å². The molecular formula is C23H21FN4O3. The summed E-state index contributed by atoms with van der Waals surface area (Å²) in [5.41, 5.74) is 1.27. The molecule has 0 spiro atoms. The summed E-state index contributed by atoms with van der Waals surface area (Å²) >= 11 is 0. The summed E-state index contributed by atoms with van der Waals surface area (Å²) in [4.78, 5) is 23.4. The number of nitrogens with zero attached hydrogens (tertiary/aromatic N) is 4. The fraction of sp³-hybridized carbons (Fsp3) is 0.174. The lowest BCUT2D eigenvalue weighted by Crippen LogP contribution is -2.18. The van der Waals surface area contributed by atoms with Gasteiger partial charge in [-0.15, -0.1) is 0 Å². The molecule has 4 rings (SSSR count). The molecule has 0 radical (unpaired) electrons. The van der Waals surface area contributed by atoms with Crippen molar-refractivity contribution < 1.29 is 13.7 Å². The van der Waals surface area contributed by atoms with E-state index in [4.69, 9.17) is 9.26 Å². The first-order valence-corrected chi connectivity index (χ1v) is 9.72. The molecular weight excluding hydrogens is 399 g/mol. The summed E-state index contributed by atoms with van der Waals surface area (Å²) in [7, 11) is 3.86. The van der Waals surface area contributed by atoms with Gasteiger partial charge in [-0.05, 0) is 50.0 Å². The molecule has 0 aliphatic carbocycles. The highest BCUT2D eigenvalue weighted by Crippen LogP contribution is 2.30. The van der Waals surface area contributed by atoms with Crippen molar-refractivity contribution in [2.45, 2.75) is 6.54 Å². The molecule has 0 fully saturated rings. The van der Waals surface area contributed by atoms with Crippen molar-refractivity contribution >= 4 is 0 Å². The third-order valence-electron chi connectivity index (χ3n) is 4.60. The van der Waals surface area contributed by atoms with Gasteiger partial charge in [0.1, 0.15) is 17.3 Å². The Balaban J connectivity index is 1.81. The SMILES string of the molecule is CN(C)CCn1oc(=O)c(-c2ccc(F)cc2)c1-c1ccnc(Oc2ccccc2)n1. The normalized spacial score (nSPS) is 11.1. The second kappa shape index (κ2) is 8.93. The van der Waals surface area contributed by atoms with Gasteiger partial charge >= 0.3 is 11.6 Å². The Morgan fingerprint density at radius 1 is 1.06 bits per heavy atom. The molecule has 2 heterocycles. The van der Waals surface area contributed by atoms with Crippen LogP contribution in [0.4, 0.5) is 4.39 Å². The predicted molar refractivity (Wildman–Crippen MR) is 114 cm³/mol. The number of para-hydroxylation sites is 1. The van der Waals surface area contributed by atoms with E-state index in [1.807, 2.05) is 37.2 Å². The van der Waals surface area contributed by atoms with Gasteiger partial charge in [-0.1, -0.05) is 30.3 Å². The standard InChI is InChI=1S/C23H21FN4O3/c1-27(2)14-15-28-21(20(22(29)31-28)16-8-10-17(24)11-9-16)19-12-13-25-23(26-19)30-18-6-4-3-5-7-18/h3-13H,14-15H2,1-2H3. The molecule has 0 unspecified atom stereocenters. The highest BCUT2D eigenvalue weighted by Gasteiger charge is 2.22. The van der Waals surface area contributed by atoms with Gasteiger partial charge in [0, 0.05) is 12.7 Å². The maximum atomic E-state index is 13.5. The zero-order valence-electron chi connectivity index (χ0n) is 17.2. The van der Waals surface area contributed by atoms with Crippen LogP contribution in [0.25, 0.3) is 22.5 Å². The molecule has 0 aliphatic heterocycles. The number of likely N-dealkylation sites (N-methyl/N-ethyl adjacent to an activating group) is 1. The van der Waals surface area contributed by atoms with Crippen LogP contribution in [0.5, 0.6) is 11.8 Å². The average molecular weight is 420 g/mol. The third kappa shape index (κ3) is 4.70. The number of rotatable bonds is 7. The molecule has 158 valence electrons. The molecule has 0 saturated heterocycles. The van der Waals surface area contributed by atoms with Crippen LogP contribution < -0.4 is 10.4 Å². The Bertz CT molecular complexity index is 1220. The van der Waals surface area contributed by atoms with Crippen molar-refractivity contribution in [1.82, 2.24) is 19.6 Å². The van der Waals surface area contributed by atoms with Gasteiger partial charge in [-0.2, -0.15) is 4.98 Å². The molecule has 2 aromatic carbocycles.